The molecule has 0 fully saturated rings. The molecule has 128 valence electrons. The fourth-order valence-electron chi connectivity index (χ4n) is 2.49. The van der Waals surface area contributed by atoms with Crippen molar-refractivity contribution < 1.29 is 9.90 Å². The van der Waals surface area contributed by atoms with Crippen LogP contribution >= 0.6 is 11.6 Å². The number of aromatic hydroxyl groups is 1. The Hall–Kier alpha value is -2.86. The Labute approximate surface area is 148 Å². The molecule has 0 saturated heterocycles. The largest absolute Gasteiger partial charge is 0.493 e. The van der Waals surface area contributed by atoms with Crippen molar-refractivity contribution in [2.24, 2.45) is 0 Å². The van der Waals surface area contributed by atoms with Gasteiger partial charge in [0.05, 0.1) is 0 Å². The minimum absolute atomic E-state index is 0.283. The Morgan fingerprint density at radius 2 is 1.96 bits per heavy atom. The van der Waals surface area contributed by atoms with E-state index in [9.17, 15) is 14.7 Å². The number of halogens is 1. The molecule has 1 amide bonds. The predicted octanol–water partition coefficient (Wildman–Crippen LogP) is 2.33. The van der Waals surface area contributed by atoms with Crippen molar-refractivity contribution in [3.05, 3.63) is 74.7 Å². The Kier molecular flexibility index (Phi) is 4.72. The molecule has 7 heteroatoms. The Morgan fingerprint density at radius 3 is 2.68 bits per heavy atom. The Balaban J connectivity index is 1.79. The van der Waals surface area contributed by atoms with Gasteiger partial charge in [0.1, 0.15) is 5.65 Å². The molecular weight excluding hydrogens is 342 g/mol. The topological polar surface area (TPSA) is 83.7 Å². The monoisotopic (exact) mass is 357 g/mol. The van der Waals surface area contributed by atoms with Gasteiger partial charge < -0.3 is 10.4 Å². The molecular formula is C18H16ClN3O3. The van der Waals surface area contributed by atoms with Crippen LogP contribution in [-0.4, -0.2) is 26.9 Å². The number of nitrogens with zero attached hydrogens (tertiary/aromatic N) is 2. The first-order chi connectivity index (χ1) is 12.0. The van der Waals surface area contributed by atoms with Gasteiger partial charge in [-0.25, -0.2) is 0 Å². The number of aromatic nitrogens is 2. The van der Waals surface area contributed by atoms with Crippen molar-refractivity contribution in [3.8, 4) is 5.88 Å². The predicted molar refractivity (Wildman–Crippen MR) is 95.4 cm³/mol. The molecule has 3 aromatic rings. The molecule has 2 heterocycles. The van der Waals surface area contributed by atoms with Crippen molar-refractivity contribution in [1.82, 2.24) is 14.7 Å². The standard InChI is InChI=1S/C18H16ClN3O3/c1-11-2-7-14-21-17(24)15(18(25)22(14)10-11)16(23)20-9-8-12-3-5-13(19)6-4-12/h2-7,10,24H,8-9H2,1H3,(H,20,23). The lowest BCUT2D eigenvalue weighted by molar-refractivity contribution is 0.0949. The highest BCUT2D eigenvalue weighted by molar-refractivity contribution is 6.30. The maximum Gasteiger partial charge on any atom is 0.274 e. The summed E-state index contributed by atoms with van der Waals surface area (Å²) in [6.45, 7) is 2.14. The van der Waals surface area contributed by atoms with Crippen LogP contribution in [0.4, 0.5) is 0 Å². The number of fused-ring (bicyclic) bond motifs is 1. The lowest BCUT2D eigenvalue weighted by atomic mass is 10.1. The lowest BCUT2D eigenvalue weighted by Crippen LogP contribution is -2.33. The zero-order valence-electron chi connectivity index (χ0n) is 13.5. The third kappa shape index (κ3) is 3.64. The highest BCUT2D eigenvalue weighted by atomic mass is 35.5. The number of nitrogens with one attached hydrogen (secondary N) is 1. The maximum atomic E-state index is 12.5. The molecule has 2 aromatic heterocycles. The number of hydrogen-bond donors (Lipinski definition) is 2. The van der Waals surface area contributed by atoms with Crippen LogP contribution in [0.1, 0.15) is 21.5 Å². The summed E-state index contributed by atoms with van der Waals surface area (Å²) in [6.07, 6.45) is 2.15. The molecule has 0 aliphatic rings. The average molecular weight is 358 g/mol. The first-order valence-electron chi connectivity index (χ1n) is 7.70. The maximum absolute atomic E-state index is 12.5. The number of carbonyl (C=O) groups excluding carboxylic acids is 1. The van der Waals surface area contributed by atoms with E-state index in [0.29, 0.717) is 18.0 Å². The van der Waals surface area contributed by atoms with Crippen molar-refractivity contribution in [1.29, 1.82) is 0 Å². The fourth-order valence-corrected chi connectivity index (χ4v) is 2.62. The Bertz CT molecular complexity index is 997. The minimum Gasteiger partial charge on any atom is -0.493 e. The smallest absolute Gasteiger partial charge is 0.274 e. The van der Waals surface area contributed by atoms with Crippen LogP contribution in [-0.2, 0) is 6.42 Å². The lowest BCUT2D eigenvalue weighted by Gasteiger charge is -2.08. The van der Waals surface area contributed by atoms with Gasteiger partial charge in [-0.15, -0.1) is 0 Å². The number of amides is 1. The van der Waals surface area contributed by atoms with Gasteiger partial charge in [0, 0.05) is 17.8 Å². The van der Waals surface area contributed by atoms with E-state index < -0.39 is 17.3 Å². The van der Waals surface area contributed by atoms with E-state index in [-0.39, 0.29) is 11.2 Å². The van der Waals surface area contributed by atoms with Gasteiger partial charge in [0.2, 0.25) is 5.88 Å². The van der Waals surface area contributed by atoms with Crippen LogP contribution in [0, 0.1) is 6.92 Å². The summed E-state index contributed by atoms with van der Waals surface area (Å²) in [5, 5.41) is 13.3. The van der Waals surface area contributed by atoms with E-state index in [2.05, 4.69) is 10.3 Å². The second kappa shape index (κ2) is 6.94. The van der Waals surface area contributed by atoms with Gasteiger partial charge in [-0.05, 0) is 42.7 Å². The van der Waals surface area contributed by atoms with Crippen LogP contribution in [0.5, 0.6) is 5.88 Å². The highest BCUT2D eigenvalue weighted by Crippen LogP contribution is 2.12. The molecule has 0 radical (unpaired) electrons. The molecule has 25 heavy (non-hydrogen) atoms. The van der Waals surface area contributed by atoms with Gasteiger partial charge in [-0.2, -0.15) is 4.98 Å². The van der Waals surface area contributed by atoms with Crippen molar-refractivity contribution in [2.45, 2.75) is 13.3 Å². The summed E-state index contributed by atoms with van der Waals surface area (Å²) in [4.78, 5) is 28.7. The van der Waals surface area contributed by atoms with E-state index >= 15 is 0 Å². The fraction of sp³-hybridized carbons (Fsp3) is 0.167. The second-order valence-corrected chi connectivity index (χ2v) is 6.12. The molecule has 3 rings (SSSR count). The quantitative estimate of drug-likeness (QED) is 0.750. The van der Waals surface area contributed by atoms with E-state index in [1.54, 1.807) is 30.5 Å². The molecule has 0 unspecified atom stereocenters. The van der Waals surface area contributed by atoms with E-state index in [0.717, 1.165) is 11.1 Å². The second-order valence-electron chi connectivity index (χ2n) is 5.68. The zero-order valence-corrected chi connectivity index (χ0v) is 14.2. The molecule has 0 bridgehead atoms. The summed E-state index contributed by atoms with van der Waals surface area (Å²) < 4.78 is 1.25. The van der Waals surface area contributed by atoms with Gasteiger partial charge in [0.25, 0.3) is 11.5 Å². The van der Waals surface area contributed by atoms with Crippen LogP contribution in [0.3, 0.4) is 0 Å². The van der Waals surface area contributed by atoms with Gasteiger partial charge in [-0.3, -0.25) is 14.0 Å². The highest BCUT2D eigenvalue weighted by Gasteiger charge is 2.19. The first-order valence-corrected chi connectivity index (χ1v) is 8.08. The van der Waals surface area contributed by atoms with E-state index in [4.69, 9.17) is 11.6 Å². The average Bonchev–Trinajstić information content (AvgIpc) is 2.57. The van der Waals surface area contributed by atoms with Crippen LogP contribution < -0.4 is 10.9 Å². The minimum atomic E-state index is -0.653. The first kappa shape index (κ1) is 17.0. The van der Waals surface area contributed by atoms with E-state index in [1.165, 1.54) is 4.40 Å². The van der Waals surface area contributed by atoms with E-state index in [1.807, 2.05) is 19.1 Å². The van der Waals surface area contributed by atoms with Crippen molar-refractivity contribution in [2.75, 3.05) is 6.54 Å². The summed E-state index contributed by atoms with van der Waals surface area (Å²) in [5.74, 6) is -1.22. The van der Waals surface area contributed by atoms with Gasteiger partial charge in [-0.1, -0.05) is 29.8 Å². The van der Waals surface area contributed by atoms with Crippen LogP contribution in [0.2, 0.25) is 5.02 Å². The number of rotatable bonds is 4. The SMILES string of the molecule is Cc1ccc2nc(O)c(C(=O)NCCc3ccc(Cl)cc3)c(=O)n2c1. The van der Waals surface area contributed by atoms with Crippen LogP contribution in [0.15, 0.2) is 47.4 Å². The summed E-state index contributed by atoms with van der Waals surface area (Å²) >= 11 is 5.83. The molecule has 2 N–H and O–H groups in total. The molecule has 0 aliphatic carbocycles. The third-order valence-electron chi connectivity index (χ3n) is 3.79. The molecule has 0 atom stereocenters. The third-order valence-corrected chi connectivity index (χ3v) is 4.04. The molecule has 0 aliphatic heterocycles. The Morgan fingerprint density at radius 1 is 1.24 bits per heavy atom. The number of hydrogen-bond acceptors (Lipinski definition) is 4. The van der Waals surface area contributed by atoms with Crippen LogP contribution in [0.25, 0.3) is 5.65 Å². The number of pyridine rings is 1. The number of aryl methyl sites for hydroxylation is 1. The van der Waals surface area contributed by atoms with Crippen molar-refractivity contribution in [3.63, 3.8) is 0 Å². The zero-order chi connectivity index (χ0) is 18.0. The van der Waals surface area contributed by atoms with Crippen molar-refractivity contribution >= 4 is 23.2 Å². The van der Waals surface area contributed by atoms with Gasteiger partial charge in [0.15, 0.2) is 5.56 Å². The number of benzene rings is 1. The molecule has 6 nitrogen and oxygen atoms in total. The summed E-state index contributed by atoms with van der Waals surface area (Å²) in [6, 6.07) is 10.6. The van der Waals surface area contributed by atoms with Gasteiger partial charge >= 0.3 is 0 Å². The molecule has 0 saturated carbocycles. The summed E-state index contributed by atoms with van der Waals surface area (Å²) in [5.41, 5.74) is 1.16. The molecule has 0 spiro atoms. The number of carbonyl (C=O) groups is 1. The molecule has 1 aromatic carbocycles. The summed E-state index contributed by atoms with van der Waals surface area (Å²) in [7, 11) is 0. The normalized spacial score (nSPS) is 10.8.